The molecule has 0 heterocycles. The third-order valence-electron chi connectivity index (χ3n) is 6.25. The Morgan fingerprint density at radius 2 is 1.72 bits per heavy atom. The number of fused-ring (bicyclic) bond motifs is 1. The molecule has 1 amide bonds. The van der Waals surface area contributed by atoms with Crippen molar-refractivity contribution in [2.45, 2.75) is 44.2 Å². The molecule has 4 rings (SSSR count). The molecule has 3 aromatic carbocycles. The fraction of sp³-hybridized carbons (Fsp3) is 0.308. The molecular formula is C26H29ClN2O3. The molecule has 0 aliphatic heterocycles. The highest BCUT2D eigenvalue weighted by Crippen LogP contribution is 2.36. The molecule has 0 aromatic heterocycles. The van der Waals surface area contributed by atoms with Gasteiger partial charge in [-0.2, -0.15) is 0 Å². The maximum atomic E-state index is 12.0. The van der Waals surface area contributed by atoms with E-state index in [-0.39, 0.29) is 30.9 Å². The quantitative estimate of drug-likeness (QED) is 0.468. The van der Waals surface area contributed by atoms with E-state index in [2.05, 4.69) is 60.0 Å². The van der Waals surface area contributed by atoms with Crippen LogP contribution in [-0.4, -0.2) is 29.6 Å². The first-order valence-electron chi connectivity index (χ1n) is 10.8. The summed E-state index contributed by atoms with van der Waals surface area (Å²) >= 11 is 0. The first kappa shape index (κ1) is 23.8. The second-order valence-electron chi connectivity index (χ2n) is 8.36. The van der Waals surface area contributed by atoms with Gasteiger partial charge in [-0.1, -0.05) is 54.6 Å². The Labute approximate surface area is 194 Å². The summed E-state index contributed by atoms with van der Waals surface area (Å²) in [5.41, 5.74) is 3.05. The summed E-state index contributed by atoms with van der Waals surface area (Å²) in [4.78, 5) is 22.6. The number of hydrogen-bond acceptors (Lipinski definition) is 3. The van der Waals surface area contributed by atoms with Crippen LogP contribution in [0.4, 0.5) is 0 Å². The highest BCUT2D eigenvalue weighted by Gasteiger charge is 2.27. The van der Waals surface area contributed by atoms with Crippen molar-refractivity contribution in [1.82, 2.24) is 10.6 Å². The average Bonchev–Trinajstić information content (AvgIpc) is 3.25. The molecule has 0 bridgehead atoms. The van der Waals surface area contributed by atoms with Crippen LogP contribution in [-0.2, 0) is 4.79 Å². The number of carboxylic acid groups (broad SMARTS) is 1. The Bertz CT molecular complexity index is 1080. The SMILES string of the molecule is C[C@@H](N[C@H]1CC[C@@H](c2ccc(C(=O)NCC(=O)O)cc2)C1)c1cccc2ccccc12.Cl. The van der Waals surface area contributed by atoms with Crippen molar-refractivity contribution in [3.63, 3.8) is 0 Å². The van der Waals surface area contributed by atoms with E-state index in [0.29, 0.717) is 17.5 Å². The van der Waals surface area contributed by atoms with Gasteiger partial charge in [0.1, 0.15) is 6.54 Å². The number of benzene rings is 3. The van der Waals surface area contributed by atoms with Gasteiger partial charge in [-0.05, 0) is 66.1 Å². The van der Waals surface area contributed by atoms with E-state index in [1.54, 1.807) is 12.1 Å². The highest BCUT2D eigenvalue weighted by atomic mass is 35.5. The number of nitrogens with one attached hydrogen (secondary N) is 2. The Hall–Kier alpha value is -2.89. The van der Waals surface area contributed by atoms with Crippen molar-refractivity contribution in [1.29, 1.82) is 0 Å². The van der Waals surface area contributed by atoms with Gasteiger partial charge in [-0.25, -0.2) is 0 Å². The third-order valence-corrected chi connectivity index (χ3v) is 6.25. The molecule has 3 N–H and O–H groups in total. The number of aliphatic carboxylic acids is 1. The lowest BCUT2D eigenvalue weighted by Crippen LogP contribution is -2.29. The molecular weight excluding hydrogens is 424 g/mol. The van der Waals surface area contributed by atoms with Crippen molar-refractivity contribution >= 4 is 35.1 Å². The molecule has 168 valence electrons. The maximum Gasteiger partial charge on any atom is 0.322 e. The lowest BCUT2D eigenvalue weighted by Gasteiger charge is -2.21. The van der Waals surface area contributed by atoms with E-state index in [4.69, 9.17) is 5.11 Å². The molecule has 0 spiro atoms. The fourth-order valence-electron chi connectivity index (χ4n) is 4.67. The van der Waals surface area contributed by atoms with Crippen LogP contribution in [0.3, 0.4) is 0 Å². The van der Waals surface area contributed by atoms with Crippen LogP contribution in [0.5, 0.6) is 0 Å². The summed E-state index contributed by atoms with van der Waals surface area (Å²) in [5.74, 6) is -0.940. The molecule has 1 aliphatic carbocycles. The molecule has 32 heavy (non-hydrogen) atoms. The lowest BCUT2D eigenvalue weighted by molar-refractivity contribution is -0.135. The standard InChI is InChI=1S/C26H28N2O3.ClH/c1-17(23-8-4-6-19-5-2-3-7-24(19)23)28-22-14-13-21(15-22)18-9-11-20(12-10-18)26(31)27-16-25(29)30;/h2-12,17,21-22,28H,13-16H2,1H3,(H,27,31)(H,29,30);1H/t17-,21-,22+;/m1./s1. The Balaban J connectivity index is 0.00000289. The van der Waals surface area contributed by atoms with Crippen molar-refractivity contribution in [2.24, 2.45) is 0 Å². The van der Waals surface area contributed by atoms with Gasteiger partial charge in [-0.3, -0.25) is 9.59 Å². The first-order valence-corrected chi connectivity index (χ1v) is 10.8. The Kier molecular flexibility index (Phi) is 7.89. The average molecular weight is 453 g/mol. The number of amides is 1. The van der Waals surface area contributed by atoms with E-state index in [9.17, 15) is 9.59 Å². The summed E-state index contributed by atoms with van der Waals surface area (Å²) in [5, 5.41) is 17.5. The molecule has 0 radical (unpaired) electrons. The summed E-state index contributed by atoms with van der Waals surface area (Å²) in [6, 6.07) is 23.3. The minimum atomic E-state index is -1.05. The molecule has 1 aliphatic rings. The van der Waals surface area contributed by atoms with E-state index < -0.39 is 5.97 Å². The Morgan fingerprint density at radius 1 is 1.00 bits per heavy atom. The second kappa shape index (κ2) is 10.6. The van der Waals surface area contributed by atoms with E-state index >= 15 is 0 Å². The molecule has 6 heteroatoms. The zero-order valence-corrected chi connectivity index (χ0v) is 18.9. The number of rotatable bonds is 7. The van der Waals surface area contributed by atoms with Crippen LogP contribution in [0.15, 0.2) is 66.7 Å². The summed E-state index contributed by atoms with van der Waals surface area (Å²) in [6.07, 6.45) is 3.31. The van der Waals surface area contributed by atoms with Gasteiger partial charge in [-0.15, -0.1) is 12.4 Å². The molecule has 1 fully saturated rings. The zero-order valence-electron chi connectivity index (χ0n) is 18.1. The summed E-state index contributed by atoms with van der Waals surface area (Å²) in [7, 11) is 0. The van der Waals surface area contributed by atoms with Gasteiger partial charge < -0.3 is 15.7 Å². The first-order chi connectivity index (χ1) is 15.0. The van der Waals surface area contributed by atoms with E-state index in [1.807, 2.05) is 12.1 Å². The highest BCUT2D eigenvalue weighted by molar-refractivity contribution is 5.95. The smallest absolute Gasteiger partial charge is 0.322 e. The minimum Gasteiger partial charge on any atom is -0.480 e. The second-order valence-corrected chi connectivity index (χ2v) is 8.36. The fourth-order valence-corrected chi connectivity index (χ4v) is 4.67. The zero-order chi connectivity index (χ0) is 21.8. The molecule has 5 nitrogen and oxygen atoms in total. The molecule has 3 aromatic rings. The number of halogens is 1. The van der Waals surface area contributed by atoms with Crippen molar-refractivity contribution in [2.75, 3.05) is 6.54 Å². The molecule has 0 unspecified atom stereocenters. The van der Waals surface area contributed by atoms with Crippen molar-refractivity contribution < 1.29 is 14.7 Å². The third kappa shape index (κ3) is 5.47. The van der Waals surface area contributed by atoms with Gasteiger partial charge in [0.2, 0.25) is 0 Å². The molecule has 3 atom stereocenters. The summed E-state index contributed by atoms with van der Waals surface area (Å²) < 4.78 is 0. The van der Waals surface area contributed by atoms with Crippen LogP contribution in [0, 0.1) is 0 Å². The van der Waals surface area contributed by atoms with Crippen molar-refractivity contribution in [3.8, 4) is 0 Å². The van der Waals surface area contributed by atoms with Gasteiger partial charge in [0, 0.05) is 17.6 Å². The topological polar surface area (TPSA) is 78.4 Å². The van der Waals surface area contributed by atoms with Crippen LogP contribution in [0.1, 0.15) is 59.6 Å². The van der Waals surface area contributed by atoms with Gasteiger partial charge in [0.05, 0.1) is 0 Å². The van der Waals surface area contributed by atoms with E-state index in [0.717, 1.165) is 19.3 Å². The number of hydrogen-bond donors (Lipinski definition) is 3. The maximum absolute atomic E-state index is 12.0. The van der Waals surface area contributed by atoms with Crippen LogP contribution >= 0.6 is 12.4 Å². The largest absolute Gasteiger partial charge is 0.480 e. The van der Waals surface area contributed by atoms with Crippen molar-refractivity contribution in [3.05, 3.63) is 83.4 Å². The van der Waals surface area contributed by atoms with Crippen LogP contribution < -0.4 is 10.6 Å². The van der Waals surface area contributed by atoms with Crippen LogP contribution in [0.2, 0.25) is 0 Å². The molecule has 0 saturated heterocycles. The van der Waals surface area contributed by atoms with E-state index in [1.165, 1.54) is 21.9 Å². The Morgan fingerprint density at radius 3 is 2.47 bits per heavy atom. The lowest BCUT2D eigenvalue weighted by atomic mass is 9.96. The van der Waals surface area contributed by atoms with Gasteiger partial charge in [0.25, 0.3) is 5.91 Å². The molecule has 1 saturated carbocycles. The number of carbonyl (C=O) groups is 2. The van der Waals surface area contributed by atoms with Crippen LogP contribution in [0.25, 0.3) is 10.8 Å². The predicted molar refractivity (Wildman–Crippen MR) is 130 cm³/mol. The summed E-state index contributed by atoms with van der Waals surface area (Å²) in [6.45, 7) is 1.87. The van der Waals surface area contributed by atoms with Gasteiger partial charge >= 0.3 is 5.97 Å². The number of carbonyl (C=O) groups excluding carboxylic acids is 1. The normalized spacial score (nSPS) is 18.7. The van der Waals surface area contributed by atoms with Gasteiger partial charge in [0.15, 0.2) is 0 Å². The minimum absolute atomic E-state index is 0. The number of carboxylic acids is 1. The monoisotopic (exact) mass is 452 g/mol. The predicted octanol–water partition coefficient (Wildman–Crippen LogP) is 5.06.